The van der Waals surface area contributed by atoms with Crippen LogP contribution in [-0.4, -0.2) is 20.8 Å². The monoisotopic (exact) mass is 376 g/mol. The van der Waals surface area contributed by atoms with Gasteiger partial charge in [-0.3, -0.25) is 9.48 Å². The fourth-order valence-electron chi connectivity index (χ4n) is 2.77. The molecular weight excluding hydrogens is 359 g/mol. The van der Waals surface area contributed by atoms with Gasteiger partial charge >= 0.3 is 0 Å². The molecule has 6 nitrogen and oxygen atoms in total. The van der Waals surface area contributed by atoms with E-state index in [-0.39, 0.29) is 11.5 Å². The van der Waals surface area contributed by atoms with E-state index in [1.54, 1.807) is 23.0 Å². The Morgan fingerprint density at radius 3 is 2.79 bits per heavy atom. The molecule has 0 aliphatic rings. The van der Waals surface area contributed by atoms with Crippen LogP contribution in [0.1, 0.15) is 21.6 Å². The first-order valence-corrected chi connectivity index (χ1v) is 8.69. The van der Waals surface area contributed by atoms with Crippen molar-refractivity contribution in [3.63, 3.8) is 0 Å². The number of nitrogens with zero attached hydrogens (tertiary/aromatic N) is 3. The summed E-state index contributed by atoms with van der Waals surface area (Å²) in [5.41, 5.74) is 3.45. The molecule has 1 amide bonds. The lowest BCUT2D eigenvalue weighted by atomic mass is 10.1. The number of aromatic nitrogens is 3. The summed E-state index contributed by atoms with van der Waals surface area (Å²) in [6, 6.07) is 15.6. The molecule has 2 aromatic heterocycles. The molecule has 0 spiro atoms. The first-order valence-electron chi connectivity index (χ1n) is 8.69. The van der Waals surface area contributed by atoms with E-state index in [0.29, 0.717) is 18.0 Å². The van der Waals surface area contributed by atoms with Crippen molar-refractivity contribution in [1.82, 2.24) is 14.9 Å². The van der Waals surface area contributed by atoms with Crippen molar-refractivity contribution in [2.45, 2.75) is 13.5 Å². The standard InChI is InChI=1S/C21H17FN4O2/c1-14-5-7-16(8-6-14)20-10-19(25-28-20)21(27)24-18-11-23-26(13-18)12-15-3-2-4-17(22)9-15/h2-11,13H,12H2,1H3,(H,24,27). The molecule has 7 heteroatoms. The zero-order valence-corrected chi connectivity index (χ0v) is 15.1. The Morgan fingerprint density at radius 1 is 1.18 bits per heavy atom. The summed E-state index contributed by atoms with van der Waals surface area (Å²) in [6.45, 7) is 2.40. The first-order chi connectivity index (χ1) is 13.6. The van der Waals surface area contributed by atoms with Gasteiger partial charge in [-0.05, 0) is 24.6 Å². The number of carbonyl (C=O) groups excluding carboxylic acids is 1. The Bertz CT molecular complexity index is 1120. The molecule has 0 aliphatic carbocycles. The molecule has 2 aromatic carbocycles. The molecule has 0 fully saturated rings. The number of aryl methyl sites for hydroxylation is 1. The Kier molecular flexibility index (Phi) is 4.72. The second kappa shape index (κ2) is 7.48. The molecule has 0 radical (unpaired) electrons. The zero-order valence-electron chi connectivity index (χ0n) is 15.1. The minimum Gasteiger partial charge on any atom is -0.355 e. The second-order valence-electron chi connectivity index (χ2n) is 6.45. The van der Waals surface area contributed by atoms with Crippen LogP contribution in [0.3, 0.4) is 0 Å². The molecule has 0 bridgehead atoms. The van der Waals surface area contributed by atoms with E-state index >= 15 is 0 Å². The van der Waals surface area contributed by atoms with Gasteiger partial charge in [0.15, 0.2) is 11.5 Å². The molecule has 0 atom stereocenters. The van der Waals surface area contributed by atoms with Crippen LogP contribution in [0.2, 0.25) is 0 Å². The lowest BCUT2D eigenvalue weighted by molar-refractivity contribution is 0.101. The number of carbonyl (C=O) groups is 1. The van der Waals surface area contributed by atoms with E-state index in [1.165, 1.54) is 18.3 Å². The van der Waals surface area contributed by atoms with Crippen LogP contribution in [0.15, 0.2) is 71.5 Å². The molecule has 0 aliphatic heterocycles. The number of amides is 1. The highest BCUT2D eigenvalue weighted by Crippen LogP contribution is 2.21. The number of hydrogen-bond donors (Lipinski definition) is 1. The highest BCUT2D eigenvalue weighted by molar-refractivity contribution is 6.03. The van der Waals surface area contributed by atoms with Crippen LogP contribution in [0, 0.1) is 12.7 Å². The van der Waals surface area contributed by atoms with Gasteiger partial charge < -0.3 is 9.84 Å². The molecule has 0 saturated heterocycles. The highest BCUT2D eigenvalue weighted by atomic mass is 19.1. The van der Waals surface area contributed by atoms with Crippen LogP contribution in [-0.2, 0) is 6.54 Å². The molecule has 0 unspecified atom stereocenters. The van der Waals surface area contributed by atoms with Crippen LogP contribution in [0.4, 0.5) is 10.1 Å². The third-order valence-corrected chi connectivity index (χ3v) is 4.20. The SMILES string of the molecule is Cc1ccc(-c2cc(C(=O)Nc3cnn(Cc4cccc(F)c4)c3)no2)cc1. The van der Waals surface area contributed by atoms with Crippen LogP contribution in [0.25, 0.3) is 11.3 Å². The van der Waals surface area contributed by atoms with Crippen molar-refractivity contribution in [2.75, 3.05) is 5.32 Å². The maximum Gasteiger partial charge on any atom is 0.277 e. The third-order valence-electron chi connectivity index (χ3n) is 4.20. The van der Waals surface area contributed by atoms with Crippen molar-refractivity contribution in [3.8, 4) is 11.3 Å². The molecule has 1 N–H and O–H groups in total. The summed E-state index contributed by atoms with van der Waals surface area (Å²) in [5, 5.41) is 10.8. The predicted octanol–water partition coefficient (Wildman–Crippen LogP) is 4.29. The Labute approximate surface area is 160 Å². The molecule has 4 aromatic rings. The summed E-state index contributed by atoms with van der Waals surface area (Å²) in [4.78, 5) is 12.4. The van der Waals surface area contributed by atoms with E-state index in [4.69, 9.17) is 4.52 Å². The minimum atomic E-state index is -0.396. The maximum absolute atomic E-state index is 13.3. The van der Waals surface area contributed by atoms with Crippen LogP contribution >= 0.6 is 0 Å². The first kappa shape index (κ1) is 17.7. The average molecular weight is 376 g/mol. The van der Waals surface area contributed by atoms with Gasteiger partial charge in [0.25, 0.3) is 5.91 Å². The zero-order chi connectivity index (χ0) is 19.5. The quantitative estimate of drug-likeness (QED) is 0.564. The number of hydrogen-bond acceptors (Lipinski definition) is 4. The number of anilines is 1. The summed E-state index contributed by atoms with van der Waals surface area (Å²) < 4.78 is 20.2. The lowest BCUT2D eigenvalue weighted by Gasteiger charge is -2.02. The number of benzene rings is 2. The van der Waals surface area contributed by atoms with Gasteiger partial charge in [0, 0.05) is 17.8 Å². The van der Waals surface area contributed by atoms with E-state index < -0.39 is 5.91 Å². The van der Waals surface area contributed by atoms with E-state index in [1.807, 2.05) is 37.3 Å². The van der Waals surface area contributed by atoms with E-state index in [2.05, 4.69) is 15.6 Å². The summed E-state index contributed by atoms with van der Waals surface area (Å²) in [5.74, 6) is -0.173. The fourth-order valence-corrected chi connectivity index (χ4v) is 2.77. The Hall–Kier alpha value is -3.74. The second-order valence-corrected chi connectivity index (χ2v) is 6.45. The predicted molar refractivity (Wildman–Crippen MR) is 102 cm³/mol. The summed E-state index contributed by atoms with van der Waals surface area (Å²) >= 11 is 0. The molecule has 2 heterocycles. The van der Waals surface area contributed by atoms with Crippen molar-refractivity contribution in [1.29, 1.82) is 0 Å². The van der Waals surface area contributed by atoms with Crippen molar-refractivity contribution >= 4 is 11.6 Å². The average Bonchev–Trinajstić information content (AvgIpc) is 3.32. The highest BCUT2D eigenvalue weighted by Gasteiger charge is 2.14. The minimum absolute atomic E-state index is 0.174. The third kappa shape index (κ3) is 3.98. The molecule has 140 valence electrons. The van der Waals surface area contributed by atoms with Gasteiger partial charge in [-0.2, -0.15) is 5.10 Å². The van der Waals surface area contributed by atoms with Gasteiger partial charge in [0.1, 0.15) is 5.82 Å². The summed E-state index contributed by atoms with van der Waals surface area (Å²) in [7, 11) is 0. The smallest absolute Gasteiger partial charge is 0.277 e. The van der Waals surface area contributed by atoms with Crippen LogP contribution < -0.4 is 5.32 Å². The van der Waals surface area contributed by atoms with Crippen molar-refractivity contribution < 1.29 is 13.7 Å². The lowest BCUT2D eigenvalue weighted by Crippen LogP contribution is -2.11. The van der Waals surface area contributed by atoms with E-state index in [9.17, 15) is 9.18 Å². The van der Waals surface area contributed by atoms with Crippen molar-refractivity contribution in [2.24, 2.45) is 0 Å². The Morgan fingerprint density at radius 2 is 2.00 bits per heavy atom. The molecular formula is C21H17FN4O2. The van der Waals surface area contributed by atoms with Crippen LogP contribution in [0.5, 0.6) is 0 Å². The molecule has 4 rings (SSSR count). The van der Waals surface area contributed by atoms with Gasteiger partial charge in [0.05, 0.1) is 18.4 Å². The maximum atomic E-state index is 13.3. The number of halogens is 1. The van der Waals surface area contributed by atoms with Gasteiger partial charge in [-0.25, -0.2) is 4.39 Å². The van der Waals surface area contributed by atoms with Gasteiger partial charge in [-0.1, -0.05) is 47.1 Å². The number of rotatable bonds is 5. The topological polar surface area (TPSA) is 73.0 Å². The molecule has 0 saturated carbocycles. The summed E-state index contributed by atoms with van der Waals surface area (Å²) in [6.07, 6.45) is 3.20. The Balaban J connectivity index is 1.43. The van der Waals surface area contributed by atoms with E-state index in [0.717, 1.165) is 16.7 Å². The van der Waals surface area contributed by atoms with Gasteiger partial charge in [-0.15, -0.1) is 0 Å². The number of nitrogens with one attached hydrogen (secondary N) is 1. The largest absolute Gasteiger partial charge is 0.355 e. The fraction of sp³-hybridized carbons (Fsp3) is 0.0952. The van der Waals surface area contributed by atoms with Crippen molar-refractivity contribution in [3.05, 3.63) is 89.6 Å². The van der Waals surface area contributed by atoms with Gasteiger partial charge in [0.2, 0.25) is 0 Å². The molecule has 28 heavy (non-hydrogen) atoms. The normalized spacial score (nSPS) is 10.8.